The zero-order valence-electron chi connectivity index (χ0n) is 17.3. The number of rotatable bonds is 3. The van der Waals surface area contributed by atoms with Crippen LogP contribution in [-0.2, 0) is 14.4 Å². The Morgan fingerprint density at radius 1 is 0.967 bits per heavy atom. The molecule has 2 aliphatic rings. The smallest absolute Gasteiger partial charge is 0.269 e. The SMILES string of the molecule is CN1C(=O)C2(C)CC(C)(C(=O)NNC(=O)c3ccc([N+](=O)[O-])cc3)CC(C)(C2)C1=O. The van der Waals surface area contributed by atoms with E-state index >= 15 is 0 Å². The van der Waals surface area contributed by atoms with Crippen molar-refractivity contribution in [2.75, 3.05) is 7.05 Å². The maximum atomic E-state index is 13.0. The standard InChI is InChI=1S/C20H24N4O6/c1-18(9-19(2)11-20(3,10-18)17(28)23(4)16(19)27)15(26)22-21-14(25)12-5-7-13(8-6-12)24(29)30/h5-8H,9-11H2,1-4H3,(H,21,25)(H,22,26). The lowest BCUT2D eigenvalue weighted by Gasteiger charge is -2.55. The summed E-state index contributed by atoms with van der Waals surface area (Å²) in [5.41, 5.74) is 1.91. The molecule has 1 saturated heterocycles. The number of non-ortho nitro benzene ring substituents is 1. The van der Waals surface area contributed by atoms with E-state index in [-0.39, 0.29) is 35.9 Å². The van der Waals surface area contributed by atoms with E-state index in [0.29, 0.717) is 6.42 Å². The van der Waals surface area contributed by atoms with Crippen LogP contribution < -0.4 is 10.9 Å². The van der Waals surface area contributed by atoms with Crippen LogP contribution in [0, 0.1) is 26.4 Å². The van der Waals surface area contributed by atoms with E-state index in [2.05, 4.69) is 10.9 Å². The van der Waals surface area contributed by atoms with Gasteiger partial charge in [0.2, 0.25) is 17.7 Å². The van der Waals surface area contributed by atoms with Crippen LogP contribution in [0.15, 0.2) is 24.3 Å². The van der Waals surface area contributed by atoms with Gasteiger partial charge in [-0.05, 0) is 31.4 Å². The molecule has 0 spiro atoms. The van der Waals surface area contributed by atoms with Crippen molar-refractivity contribution in [3.8, 4) is 0 Å². The van der Waals surface area contributed by atoms with Gasteiger partial charge in [-0.2, -0.15) is 0 Å². The molecule has 0 radical (unpaired) electrons. The largest absolute Gasteiger partial charge is 0.285 e. The first-order chi connectivity index (χ1) is 13.8. The number of hydrogen-bond donors (Lipinski definition) is 2. The third-order valence-corrected chi connectivity index (χ3v) is 6.16. The first-order valence-corrected chi connectivity index (χ1v) is 9.49. The summed E-state index contributed by atoms with van der Waals surface area (Å²) >= 11 is 0. The van der Waals surface area contributed by atoms with Crippen LogP contribution in [0.2, 0.25) is 0 Å². The number of benzene rings is 1. The number of likely N-dealkylation sites (tertiary alicyclic amines) is 1. The average Bonchev–Trinajstić information content (AvgIpc) is 2.68. The molecule has 10 nitrogen and oxygen atoms in total. The molecule has 30 heavy (non-hydrogen) atoms. The zero-order valence-corrected chi connectivity index (χ0v) is 17.3. The Kier molecular flexibility index (Phi) is 4.92. The van der Waals surface area contributed by atoms with Gasteiger partial charge in [0.15, 0.2) is 0 Å². The topological polar surface area (TPSA) is 139 Å². The van der Waals surface area contributed by atoms with Gasteiger partial charge in [-0.3, -0.25) is 45.0 Å². The van der Waals surface area contributed by atoms with E-state index in [9.17, 15) is 29.3 Å². The van der Waals surface area contributed by atoms with Gasteiger partial charge in [0.05, 0.1) is 10.3 Å². The number of nitrogens with one attached hydrogen (secondary N) is 2. The van der Waals surface area contributed by atoms with Gasteiger partial charge in [-0.1, -0.05) is 20.8 Å². The molecule has 3 rings (SSSR count). The quantitative estimate of drug-likeness (QED) is 0.435. The van der Waals surface area contributed by atoms with Crippen molar-refractivity contribution >= 4 is 29.3 Å². The predicted octanol–water partition coefficient (Wildman–Crippen LogP) is 1.56. The van der Waals surface area contributed by atoms with Crippen molar-refractivity contribution in [1.82, 2.24) is 15.8 Å². The number of carbonyl (C=O) groups excluding carboxylic acids is 4. The van der Waals surface area contributed by atoms with Crippen molar-refractivity contribution in [2.24, 2.45) is 16.2 Å². The van der Waals surface area contributed by atoms with Crippen LogP contribution in [0.25, 0.3) is 0 Å². The molecule has 1 aliphatic heterocycles. The molecule has 2 N–H and O–H groups in total. The Hall–Kier alpha value is -3.30. The molecule has 1 aromatic rings. The van der Waals surface area contributed by atoms with E-state index in [1.54, 1.807) is 20.8 Å². The minimum absolute atomic E-state index is 0.137. The number of imide groups is 1. The van der Waals surface area contributed by atoms with Gasteiger partial charge in [0, 0.05) is 35.6 Å². The molecule has 1 aromatic carbocycles. The molecule has 1 aliphatic carbocycles. The van der Waals surface area contributed by atoms with Gasteiger partial charge in [-0.25, -0.2) is 0 Å². The summed E-state index contributed by atoms with van der Waals surface area (Å²) in [6.07, 6.45) is 0.858. The predicted molar refractivity (Wildman–Crippen MR) is 105 cm³/mol. The molecular weight excluding hydrogens is 392 g/mol. The zero-order chi connectivity index (χ0) is 22.5. The summed E-state index contributed by atoms with van der Waals surface area (Å²) < 4.78 is 0. The Morgan fingerprint density at radius 2 is 1.47 bits per heavy atom. The lowest BCUT2D eigenvalue weighted by atomic mass is 9.51. The number of carbonyl (C=O) groups is 4. The number of nitro groups is 1. The normalized spacial score (nSPS) is 30.6. The average molecular weight is 416 g/mol. The fraction of sp³-hybridized carbons (Fsp3) is 0.500. The lowest BCUT2D eigenvalue weighted by Crippen LogP contribution is -2.64. The number of piperidine rings is 1. The van der Waals surface area contributed by atoms with E-state index < -0.39 is 33.0 Å². The molecule has 1 saturated carbocycles. The minimum atomic E-state index is -1.04. The van der Waals surface area contributed by atoms with Crippen molar-refractivity contribution in [1.29, 1.82) is 0 Å². The maximum Gasteiger partial charge on any atom is 0.269 e. The number of nitrogens with zero attached hydrogens (tertiary/aromatic N) is 2. The molecule has 160 valence electrons. The van der Waals surface area contributed by atoms with Crippen LogP contribution in [-0.4, -0.2) is 40.5 Å². The Bertz CT molecular complexity index is 929. The van der Waals surface area contributed by atoms with Crippen molar-refractivity contribution in [3.05, 3.63) is 39.9 Å². The molecule has 0 aromatic heterocycles. The van der Waals surface area contributed by atoms with Gasteiger partial charge >= 0.3 is 0 Å². The second-order valence-corrected chi connectivity index (χ2v) is 9.09. The third-order valence-electron chi connectivity index (χ3n) is 6.16. The first-order valence-electron chi connectivity index (χ1n) is 9.49. The molecule has 2 fully saturated rings. The summed E-state index contributed by atoms with van der Waals surface area (Å²) in [6.45, 7) is 5.20. The van der Waals surface area contributed by atoms with Crippen LogP contribution in [0.4, 0.5) is 5.69 Å². The van der Waals surface area contributed by atoms with Crippen LogP contribution >= 0.6 is 0 Å². The summed E-state index contributed by atoms with van der Waals surface area (Å²) in [6, 6.07) is 4.94. The highest BCUT2D eigenvalue weighted by Crippen LogP contribution is 2.58. The number of amides is 4. The summed E-state index contributed by atoms with van der Waals surface area (Å²) in [4.78, 5) is 61.9. The Morgan fingerprint density at radius 3 is 1.93 bits per heavy atom. The van der Waals surface area contributed by atoms with Crippen molar-refractivity contribution in [2.45, 2.75) is 40.0 Å². The van der Waals surface area contributed by atoms with E-state index in [1.807, 2.05) is 0 Å². The summed E-state index contributed by atoms with van der Waals surface area (Å²) in [5, 5.41) is 10.7. The number of fused-ring (bicyclic) bond motifs is 2. The second kappa shape index (κ2) is 6.89. The van der Waals surface area contributed by atoms with Crippen LogP contribution in [0.3, 0.4) is 0 Å². The summed E-state index contributed by atoms with van der Waals surface area (Å²) in [5.74, 6) is -1.75. The first kappa shape index (κ1) is 21.4. The van der Waals surface area contributed by atoms with E-state index in [4.69, 9.17) is 0 Å². The van der Waals surface area contributed by atoms with Gasteiger partial charge in [0.25, 0.3) is 11.6 Å². The highest BCUT2D eigenvalue weighted by molar-refractivity contribution is 6.04. The van der Waals surface area contributed by atoms with Gasteiger partial charge in [-0.15, -0.1) is 0 Å². The summed E-state index contributed by atoms with van der Waals surface area (Å²) in [7, 11) is 1.47. The van der Waals surface area contributed by atoms with E-state index in [0.717, 1.165) is 4.90 Å². The maximum absolute atomic E-state index is 13.0. The Balaban J connectivity index is 1.73. The molecular formula is C20H24N4O6. The highest BCUT2D eigenvalue weighted by atomic mass is 16.6. The van der Waals surface area contributed by atoms with Crippen molar-refractivity contribution in [3.63, 3.8) is 0 Å². The van der Waals surface area contributed by atoms with Crippen molar-refractivity contribution < 1.29 is 24.1 Å². The van der Waals surface area contributed by atoms with Crippen LogP contribution in [0.5, 0.6) is 0 Å². The van der Waals surface area contributed by atoms with Gasteiger partial charge in [0.1, 0.15) is 0 Å². The monoisotopic (exact) mass is 416 g/mol. The van der Waals surface area contributed by atoms with E-state index in [1.165, 1.54) is 31.3 Å². The van der Waals surface area contributed by atoms with Gasteiger partial charge < -0.3 is 0 Å². The number of hydrogen-bond acceptors (Lipinski definition) is 6. The minimum Gasteiger partial charge on any atom is -0.285 e. The highest BCUT2D eigenvalue weighted by Gasteiger charge is 2.62. The second-order valence-electron chi connectivity index (χ2n) is 9.09. The third kappa shape index (κ3) is 3.42. The number of nitro benzene ring substituents is 1. The fourth-order valence-corrected chi connectivity index (χ4v) is 5.21. The fourth-order valence-electron chi connectivity index (χ4n) is 5.21. The molecule has 1 heterocycles. The number of hydrazine groups is 1. The van der Waals surface area contributed by atoms with Crippen LogP contribution in [0.1, 0.15) is 50.4 Å². The molecule has 2 atom stereocenters. The lowest BCUT2D eigenvalue weighted by molar-refractivity contribution is -0.384. The molecule has 4 amide bonds. The Labute approximate surface area is 173 Å². The molecule has 10 heteroatoms. The molecule has 2 unspecified atom stereocenters. The molecule has 2 bridgehead atoms.